The topological polar surface area (TPSA) is 90.2 Å². The number of anilines is 1. The Labute approximate surface area is 224 Å². The Morgan fingerprint density at radius 2 is 2.05 bits per heavy atom. The molecule has 9 nitrogen and oxygen atoms in total. The van der Waals surface area contributed by atoms with E-state index < -0.39 is 0 Å². The molecular weight excluding hydrogens is 501 g/mol. The molecule has 0 bridgehead atoms. The molecule has 1 unspecified atom stereocenters. The van der Waals surface area contributed by atoms with Gasteiger partial charge in [0.25, 0.3) is 5.91 Å². The van der Waals surface area contributed by atoms with Gasteiger partial charge in [-0.05, 0) is 30.2 Å². The highest BCUT2D eigenvalue weighted by Gasteiger charge is 2.31. The fourth-order valence-corrected chi connectivity index (χ4v) is 5.75. The summed E-state index contributed by atoms with van der Waals surface area (Å²) in [5.74, 6) is 0.727. The first-order valence-electron chi connectivity index (χ1n) is 13.2. The summed E-state index contributed by atoms with van der Waals surface area (Å²) in [7, 11) is 0. The summed E-state index contributed by atoms with van der Waals surface area (Å²) < 4.78 is 33.6. The number of halogens is 1. The van der Waals surface area contributed by atoms with Gasteiger partial charge in [0.2, 0.25) is 5.95 Å². The second-order valence-electron chi connectivity index (χ2n) is 10.2. The summed E-state index contributed by atoms with van der Waals surface area (Å²) in [6.07, 6.45) is 3.84. The van der Waals surface area contributed by atoms with Gasteiger partial charge in [0.1, 0.15) is 17.9 Å². The van der Waals surface area contributed by atoms with Gasteiger partial charge in [-0.2, -0.15) is 0 Å². The predicted molar refractivity (Wildman–Crippen MR) is 141 cm³/mol. The Hall–Kier alpha value is -4.02. The molecule has 1 N–H and O–H groups in total. The molecule has 7 rings (SSSR count). The fraction of sp³-hybridized carbons (Fsp3) is 0.345. The van der Waals surface area contributed by atoms with E-state index in [4.69, 9.17) is 19.2 Å². The highest BCUT2D eigenvalue weighted by molar-refractivity contribution is 6.04. The zero-order valence-corrected chi connectivity index (χ0v) is 21.6. The Morgan fingerprint density at radius 3 is 2.92 bits per heavy atom. The summed E-state index contributed by atoms with van der Waals surface area (Å²) in [5.41, 5.74) is 6.40. The minimum atomic E-state index is -0.288. The number of aromatic nitrogens is 3. The fourth-order valence-electron chi connectivity index (χ4n) is 5.75. The molecule has 0 radical (unpaired) electrons. The third kappa shape index (κ3) is 4.20. The number of benzene rings is 2. The van der Waals surface area contributed by atoms with E-state index >= 15 is 0 Å². The number of imidazole rings is 1. The number of aryl methyl sites for hydroxylation is 1. The van der Waals surface area contributed by atoms with Crippen molar-refractivity contribution in [1.82, 2.24) is 19.3 Å². The molecule has 0 aliphatic carbocycles. The van der Waals surface area contributed by atoms with Gasteiger partial charge in [0.15, 0.2) is 5.69 Å². The van der Waals surface area contributed by atoms with E-state index in [-0.39, 0.29) is 24.4 Å². The van der Waals surface area contributed by atoms with Gasteiger partial charge in [0, 0.05) is 48.9 Å². The number of carbonyl (C=O) groups is 1. The zero-order valence-electron chi connectivity index (χ0n) is 21.6. The molecule has 1 amide bonds. The summed E-state index contributed by atoms with van der Waals surface area (Å²) in [6, 6.07) is 9.35. The van der Waals surface area contributed by atoms with Gasteiger partial charge >= 0.3 is 0 Å². The van der Waals surface area contributed by atoms with Crippen molar-refractivity contribution in [3.63, 3.8) is 0 Å². The first kappa shape index (κ1) is 24.1. The maximum atomic E-state index is 14.8. The third-order valence-corrected chi connectivity index (χ3v) is 7.64. The summed E-state index contributed by atoms with van der Waals surface area (Å²) in [6.45, 7) is 5.16. The summed E-state index contributed by atoms with van der Waals surface area (Å²) in [4.78, 5) is 25.0. The van der Waals surface area contributed by atoms with Gasteiger partial charge in [0.05, 0.1) is 38.0 Å². The van der Waals surface area contributed by atoms with Gasteiger partial charge < -0.3 is 24.4 Å². The van der Waals surface area contributed by atoms with E-state index in [1.807, 2.05) is 6.92 Å². The van der Waals surface area contributed by atoms with Gasteiger partial charge in [-0.15, -0.1) is 0 Å². The largest absolute Gasteiger partial charge is 0.493 e. The van der Waals surface area contributed by atoms with E-state index in [1.165, 1.54) is 6.07 Å². The number of fused-ring (bicyclic) bond motifs is 3. The summed E-state index contributed by atoms with van der Waals surface area (Å²) in [5, 5.41) is 3.28. The molecule has 5 heterocycles. The lowest BCUT2D eigenvalue weighted by molar-refractivity contribution is -0.0953. The second kappa shape index (κ2) is 9.62. The van der Waals surface area contributed by atoms with Crippen molar-refractivity contribution in [1.29, 1.82) is 0 Å². The van der Waals surface area contributed by atoms with Crippen LogP contribution in [0.2, 0.25) is 0 Å². The molecule has 10 heteroatoms. The first-order chi connectivity index (χ1) is 19.1. The van der Waals surface area contributed by atoms with Crippen molar-refractivity contribution in [2.45, 2.75) is 32.5 Å². The van der Waals surface area contributed by atoms with Crippen LogP contribution in [0.1, 0.15) is 32.7 Å². The first-order valence-corrected chi connectivity index (χ1v) is 13.2. The van der Waals surface area contributed by atoms with Crippen LogP contribution in [-0.4, -0.2) is 64.3 Å². The lowest BCUT2D eigenvalue weighted by atomic mass is 9.95. The average molecular weight is 530 g/mol. The van der Waals surface area contributed by atoms with Crippen molar-refractivity contribution in [3.8, 4) is 16.9 Å². The molecule has 4 aromatic rings. The Balaban J connectivity index is 1.30. The number of rotatable bonds is 5. The molecule has 2 aromatic heterocycles. The molecule has 200 valence electrons. The molecule has 0 saturated carbocycles. The van der Waals surface area contributed by atoms with Crippen LogP contribution in [0.15, 0.2) is 42.9 Å². The van der Waals surface area contributed by atoms with Crippen LogP contribution < -0.4 is 10.1 Å². The molecule has 1 fully saturated rings. The Bertz CT molecular complexity index is 1600. The second-order valence-corrected chi connectivity index (χ2v) is 10.2. The van der Waals surface area contributed by atoms with Crippen molar-refractivity contribution < 1.29 is 23.4 Å². The number of ether oxygens (including phenoxy) is 3. The van der Waals surface area contributed by atoms with Gasteiger partial charge in [-0.3, -0.25) is 9.20 Å². The lowest BCUT2D eigenvalue weighted by Crippen LogP contribution is -2.43. The van der Waals surface area contributed by atoms with E-state index in [1.54, 1.807) is 27.9 Å². The van der Waals surface area contributed by atoms with Crippen LogP contribution in [0.25, 0.3) is 16.6 Å². The van der Waals surface area contributed by atoms with Crippen LogP contribution >= 0.6 is 0 Å². The van der Waals surface area contributed by atoms with Crippen LogP contribution in [0, 0.1) is 12.7 Å². The van der Waals surface area contributed by atoms with Crippen LogP contribution in [0.5, 0.6) is 5.75 Å². The van der Waals surface area contributed by atoms with Crippen molar-refractivity contribution >= 4 is 17.4 Å². The molecule has 2 aromatic carbocycles. The maximum Gasteiger partial charge on any atom is 0.275 e. The smallest absolute Gasteiger partial charge is 0.275 e. The van der Waals surface area contributed by atoms with E-state index in [9.17, 15) is 9.18 Å². The molecule has 39 heavy (non-hydrogen) atoms. The van der Waals surface area contributed by atoms with E-state index in [2.05, 4.69) is 28.5 Å². The van der Waals surface area contributed by atoms with Crippen LogP contribution in [0.3, 0.4) is 0 Å². The molecule has 3 aliphatic heterocycles. The SMILES string of the molecule is Cc1ccc2c(c1)CN(CC1COCCO1)C(=O)c1ncn3c(NCc4c(F)ccc5c4CCO5)ncc-2c13. The van der Waals surface area contributed by atoms with Gasteiger partial charge in [-0.25, -0.2) is 14.4 Å². The number of hydrogen-bond acceptors (Lipinski definition) is 7. The van der Waals surface area contributed by atoms with Crippen LogP contribution in [-0.2, 0) is 29.0 Å². The number of nitrogens with zero attached hydrogens (tertiary/aromatic N) is 4. The molecule has 1 atom stereocenters. The van der Waals surface area contributed by atoms with Crippen molar-refractivity contribution in [2.75, 3.05) is 38.3 Å². The molecule has 1 saturated heterocycles. The highest BCUT2D eigenvalue weighted by atomic mass is 19.1. The van der Waals surface area contributed by atoms with E-state index in [0.717, 1.165) is 33.6 Å². The standard InChI is InChI=1S/C29H28FN5O4/c1-17-2-3-20-18(10-17)13-34(14-19-15-37-8-9-38-19)28(36)26-27-23(20)12-32-29(35(27)16-33-26)31-11-22-21-6-7-39-25(21)5-4-24(22)30/h2-5,10,12,16,19H,6-9,11,13-15H2,1H3,(H,31,32). The Morgan fingerprint density at radius 1 is 1.13 bits per heavy atom. The minimum Gasteiger partial charge on any atom is -0.493 e. The van der Waals surface area contributed by atoms with E-state index in [0.29, 0.717) is 68.7 Å². The molecular formula is C29H28FN5O4. The zero-order chi connectivity index (χ0) is 26.5. The predicted octanol–water partition coefficient (Wildman–Crippen LogP) is 3.76. The number of carbonyl (C=O) groups excluding carboxylic acids is 1. The number of amides is 1. The average Bonchev–Trinajstić information content (AvgIpc) is 3.60. The van der Waals surface area contributed by atoms with Crippen LogP contribution in [0.4, 0.5) is 10.3 Å². The summed E-state index contributed by atoms with van der Waals surface area (Å²) >= 11 is 0. The normalized spacial score (nSPS) is 18.4. The minimum absolute atomic E-state index is 0.179. The quantitative estimate of drug-likeness (QED) is 0.421. The highest BCUT2D eigenvalue weighted by Crippen LogP contribution is 2.35. The maximum absolute atomic E-state index is 14.8. The number of hydrogen-bond donors (Lipinski definition) is 1. The lowest BCUT2D eigenvalue weighted by Gasteiger charge is -2.31. The monoisotopic (exact) mass is 529 g/mol. The van der Waals surface area contributed by atoms with Gasteiger partial charge in [-0.1, -0.05) is 23.8 Å². The molecule has 0 spiro atoms. The van der Waals surface area contributed by atoms with Crippen molar-refractivity contribution in [3.05, 3.63) is 76.6 Å². The third-order valence-electron chi connectivity index (χ3n) is 7.64. The molecule has 3 aliphatic rings. The van der Waals surface area contributed by atoms with Crippen molar-refractivity contribution in [2.24, 2.45) is 0 Å². The Kier molecular flexibility index (Phi) is 5.93. The number of nitrogens with one attached hydrogen (secondary N) is 1.